The van der Waals surface area contributed by atoms with Crippen LogP contribution < -0.4 is 5.32 Å². The zero-order chi connectivity index (χ0) is 20.4. The molecule has 154 valence electrons. The molecule has 2 aliphatic heterocycles. The summed E-state index contributed by atoms with van der Waals surface area (Å²) in [5, 5.41) is 3.16. The summed E-state index contributed by atoms with van der Waals surface area (Å²) in [5.41, 5.74) is -4.25. The van der Waals surface area contributed by atoms with Gasteiger partial charge in [-0.25, -0.2) is 0 Å². The largest absolute Gasteiger partial charge is 0.432 e. The second-order valence-corrected chi connectivity index (χ2v) is 8.67. The van der Waals surface area contributed by atoms with Gasteiger partial charge in [0, 0.05) is 18.3 Å². The molecule has 1 saturated heterocycles. The molecule has 0 saturated carbocycles. The number of halogens is 6. The highest BCUT2D eigenvalue weighted by molar-refractivity contribution is 5.38. The molecule has 1 aromatic heterocycles. The first kappa shape index (κ1) is 20.5. The van der Waals surface area contributed by atoms with Gasteiger partial charge in [-0.15, -0.1) is 0 Å². The SMILES string of the molecule is CN1C(C(C)(C)C)Cn2c(cc(C(F)(F)F)c2C(F)(F)F)C12CCNCC2. The number of likely N-dealkylation sites (N-methyl/N-ethyl adjacent to an activating group) is 1. The Morgan fingerprint density at radius 3 is 2.00 bits per heavy atom. The minimum atomic E-state index is -5.07. The molecule has 2 aliphatic rings. The van der Waals surface area contributed by atoms with Crippen molar-refractivity contribution in [3.05, 3.63) is 23.0 Å². The monoisotopic (exact) mass is 397 g/mol. The molecule has 3 nitrogen and oxygen atoms in total. The summed E-state index contributed by atoms with van der Waals surface area (Å²) >= 11 is 0. The molecule has 0 aromatic carbocycles. The van der Waals surface area contributed by atoms with Crippen LogP contribution in [0.25, 0.3) is 0 Å². The highest BCUT2D eigenvalue weighted by Gasteiger charge is 2.55. The fourth-order valence-corrected chi connectivity index (χ4v) is 4.72. The summed E-state index contributed by atoms with van der Waals surface area (Å²) in [6.45, 7) is 6.72. The van der Waals surface area contributed by atoms with Crippen molar-refractivity contribution in [3.8, 4) is 0 Å². The van der Waals surface area contributed by atoms with Gasteiger partial charge in [0.2, 0.25) is 0 Å². The smallest absolute Gasteiger partial charge is 0.337 e. The van der Waals surface area contributed by atoms with Crippen LogP contribution in [-0.4, -0.2) is 35.6 Å². The average molecular weight is 397 g/mol. The number of alkyl halides is 6. The van der Waals surface area contributed by atoms with E-state index in [0.29, 0.717) is 25.9 Å². The molecule has 27 heavy (non-hydrogen) atoms. The van der Waals surface area contributed by atoms with E-state index in [1.165, 1.54) is 0 Å². The number of hydrogen-bond donors (Lipinski definition) is 1. The van der Waals surface area contributed by atoms with Crippen molar-refractivity contribution < 1.29 is 26.3 Å². The van der Waals surface area contributed by atoms with Gasteiger partial charge in [0.25, 0.3) is 0 Å². The lowest BCUT2D eigenvalue weighted by atomic mass is 9.75. The van der Waals surface area contributed by atoms with Gasteiger partial charge in [-0.1, -0.05) is 20.8 Å². The summed E-state index contributed by atoms with van der Waals surface area (Å²) in [6, 6.07) is 0.418. The van der Waals surface area contributed by atoms with Gasteiger partial charge >= 0.3 is 12.4 Å². The van der Waals surface area contributed by atoms with Gasteiger partial charge in [0.1, 0.15) is 5.69 Å². The van der Waals surface area contributed by atoms with E-state index < -0.39 is 34.6 Å². The van der Waals surface area contributed by atoms with Crippen LogP contribution in [0.5, 0.6) is 0 Å². The highest BCUT2D eigenvalue weighted by Crippen LogP contribution is 2.51. The first-order valence-electron chi connectivity index (χ1n) is 9.01. The Hall–Kier alpha value is -1.22. The summed E-state index contributed by atoms with van der Waals surface area (Å²) in [6.07, 6.45) is -9.20. The maximum atomic E-state index is 13.7. The van der Waals surface area contributed by atoms with Crippen molar-refractivity contribution in [3.63, 3.8) is 0 Å². The van der Waals surface area contributed by atoms with Crippen LogP contribution >= 0.6 is 0 Å². The molecule has 1 fully saturated rings. The topological polar surface area (TPSA) is 20.2 Å². The van der Waals surface area contributed by atoms with Crippen molar-refractivity contribution >= 4 is 0 Å². The van der Waals surface area contributed by atoms with Crippen LogP contribution in [0.4, 0.5) is 26.3 Å². The zero-order valence-electron chi connectivity index (χ0n) is 15.9. The molecule has 0 bridgehead atoms. The predicted molar refractivity (Wildman–Crippen MR) is 89.2 cm³/mol. The molecular weight excluding hydrogens is 372 g/mol. The van der Waals surface area contributed by atoms with Crippen molar-refractivity contribution in [1.82, 2.24) is 14.8 Å². The fourth-order valence-electron chi connectivity index (χ4n) is 4.72. The standard InChI is InChI=1S/C18H25F6N3/c1-15(2,3)13-10-27-12(16(26(13)4)5-7-25-8-6-16)9-11(17(19,20)21)14(27)18(22,23)24/h9,13,25H,5-8,10H2,1-4H3. The zero-order valence-corrected chi connectivity index (χ0v) is 15.9. The Bertz CT molecular complexity index is 704. The molecule has 0 amide bonds. The maximum absolute atomic E-state index is 13.7. The van der Waals surface area contributed by atoms with Gasteiger partial charge < -0.3 is 9.88 Å². The number of piperidine rings is 1. The minimum absolute atomic E-state index is 0.116. The van der Waals surface area contributed by atoms with E-state index in [2.05, 4.69) is 5.32 Å². The molecule has 1 unspecified atom stereocenters. The quantitative estimate of drug-likeness (QED) is 0.652. The third-order valence-electron chi connectivity index (χ3n) is 6.08. The van der Waals surface area contributed by atoms with Crippen molar-refractivity contribution in [2.24, 2.45) is 5.41 Å². The van der Waals surface area contributed by atoms with Crippen molar-refractivity contribution in [1.29, 1.82) is 0 Å². The average Bonchev–Trinajstić information content (AvgIpc) is 2.91. The first-order valence-corrected chi connectivity index (χ1v) is 9.01. The molecule has 1 aromatic rings. The predicted octanol–water partition coefficient (Wildman–Crippen LogP) is 4.46. The van der Waals surface area contributed by atoms with Crippen molar-refractivity contribution in [2.45, 2.75) is 64.1 Å². The molecular formula is C18H25F6N3. The van der Waals surface area contributed by atoms with Gasteiger partial charge in [-0.05, 0) is 44.5 Å². The number of nitrogens with zero attached hydrogens (tertiary/aromatic N) is 2. The first-order chi connectivity index (χ1) is 12.2. The van der Waals surface area contributed by atoms with Crippen LogP contribution in [0.15, 0.2) is 6.07 Å². The summed E-state index contributed by atoms with van der Waals surface area (Å²) in [7, 11) is 1.83. The van der Waals surface area contributed by atoms with E-state index in [4.69, 9.17) is 0 Å². The number of aromatic nitrogens is 1. The van der Waals surface area contributed by atoms with E-state index in [-0.39, 0.29) is 18.3 Å². The Kier molecular flexibility index (Phi) is 4.66. The van der Waals surface area contributed by atoms with Crippen LogP contribution in [0.3, 0.4) is 0 Å². The molecule has 1 spiro atoms. The molecule has 1 atom stereocenters. The maximum Gasteiger partial charge on any atom is 0.432 e. The number of hydrogen-bond acceptors (Lipinski definition) is 2. The van der Waals surface area contributed by atoms with E-state index in [9.17, 15) is 26.3 Å². The lowest BCUT2D eigenvalue weighted by Gasteiger charge is -2.55. The van der Waals surface area contributed by atoms with Crippen LogP contribution in [0, 0.1) is 5.41 Å². The Morgan fingerprint density at radius 2 is 1.56 bits per heavy atom. The molecule has 9 heteroatoms. The normalized spacial score (nSPS) is 24.3. The Balaban J connectivity index is 2.31. The summed E-state index contributed by atoms with van der Waals surface area (Å²) in [4.78, 5) is 2.02. The van der Waals surface area contributed by atoms with Crippen LogP contribution in [0.2, 0.25) is 0 Å². The number of rotatable bonds is 0. The van der Waals surface area contributed by atoms with E-state index in [0.717, 1.165) is 10.6 Å². The number of fused-ring (bicyclic) bond motifs is 2. The van der Waals surface area contributed by atoms with E-state index >= 15 is 0 Å². The molecule has 1 N–H and O–H groups in total. The second-order valence-electron chi connectivity index (χ2n) is 8.67. The van der Waals surface area contributed by atoms with Crippen LogP contribution in [0.1, 0.15) is 50.6 Å². The summed E-state index contributed by atoms with van der Waals surface area (Å²) < 4.78 is 82.6. The second kappa shape index (κ2) is 6.14. The van der Waals surface area contributed by atoms with Crippen molar-refractivity contribution in [2.75, 3.05) is 20.1 Å². The molecule has 3 heterocycles. The number of nitrogens with one attached hydrogen (secondary N) is 1. The van der Waals surface area contributed by atoms with Crippen LogP contribution in [-0.2, 0) is 24.4 Å². The van der Waals surface area contributed by atoms with E-state index in [1.54, 1.807) is 0 Å². The third-order valence-corrected chi connectivity index (χ3v) is 6.08. The van der Waals surface area contributed by atoms with Gasteiger partial charge in [-0.3, -0.25) is 4.90 Å². The summed E-state index contributed by atoms with van der Waals surface area (Å²) in [5.74, 6) is 0. The van der Waals surface area contributed by atoms with Gasteiger partial charge in [-0.2, -0.15) is 26.3 Å². The lowest BCUT2D eigenvalue weighted by molar-refractivity contribution is -0.167. The fraction of sp³-hybridized carbons (Fsp3) is 0.778. The van der Waals surface area contributed by atoms with E-state index in [1.807, 2.05) is 32.7 Å². The minimum Gasteiger partial charge on any atom is -0.337 e. The molecule has 0 radical (unpaired) electrons. The van der Waals surface area contributed by atoms with Gasteiger partial charge in [0.05, 0.1) is 11.1 Å². The third kappa shape index (κ3) is 3.26. The highest BCUT2D eigenvalue weighted by atomic mass is 19.4. The molecule has 3 rings (SSSR count). The van der Waals surface area contributed by atoms with Gasteiger partial charge in [0.15, 0.2) is 0 Å². The molecule has 0 aliphatic carbocycles. The lowest BCUT2D eigenvalue weighted by Crippen LogP contribution is -2.62. The Morgan fingerprint density at radius 1 is 1.00 bits per heavy atom. The Labute approximate surface area is 154 Å².